The van der Waals surface area contributed by atoms with Gasteiger partial charge in [-0.25, -0.2) is 4.39 Å². The minimum atomic E-state index is -2.28. The first kappa shape index (κ1) is 30.4. The number of carboxylic acids is 1. The molecule has 1 saturated carbocycles. The molecule has 1 fully saturated rings. The quantitative estimate of drug-likeness (QED) is 0.147. The largest absolute Gasteiger partial charge is 0.496 e. The van der Waals surface area contributed by atoms with Gasteiger partial charge in [0, 0.05) is 57.9 Å². The zero-order chi connectivity index (χ0) is 32.4. The molecule has 2 atom stereocenters. The van der Waals surface area contributed by atoms with Crippen LogP contribution in [0.25, 0.3) is 0 Å². The Morgan fingerprint density at radius 1 is 1.00 bits per heavy atom. The van der Waals surface area contributed by atoms with Gasteiger partial charge >= 0.3 is 5.97 Å². The van der Waals surface area contributed by atoms with Gasteiger partial charge in [0.15, 0.2) is 11.2 Å². The fraction of sp³-hybridized carbons (Fsp3) is 0.216. The van der Waals surface area contributed by atoms with Gasteiger partial charge in [-0.3, -0.25) is 9.59 Å². The third-order valence-electron chi connectivity index (χ3n) is 8.73. The number of fused-ring (bicyclic) bond motifs is 1. The lowest BCUT2D eigenvalue weighted by Gasteiger charge is -2.49. The summed E-state index contributed by atoms with van der Waals surface area (Å²) in [4.78, 5) is 31.2. The van der Waals surface area contributed by atoms with Gasteiger partial charge in [0.05, 0.1) is 26.3 Å². The van der Waals surface area contributed by atoms with Crippen molar-refractivity contribution in [2.24, 2.45) is 0 Å². The number of Topliss-reactive ketones (excluding diaryl/α,β-unsaturated/α-hetero) is 1. The maximum absolute atomic E-state index is 16.0. The molecule has 46 heavy (non-hydrogen) atoms. The SMILES string of the molecule is COc1ccccc1C1N(C2CC2)c2ccc(F)c(C/C(C#N)=C/Nc3ccccc3)c2C(=O)C1(C(=O)O)c1ccccc1OC. The van der Waals surface area contributed by atoms with E-state index in [2.05, 4.69) is 11.4 Å². The smallest absolute Gasteiger partial charge is 0.324 e. The van der Waals surface area contributed by atoms with E-state index in [0.29, 0.717) is 17.0 Å². The second kappa shape index (κ2) is 12.4. The molecule has 0 aromatic heterocycles. The number of benzene rings is 4. The van der Waals surface area contributed by atoms with E-state index in [9.17, 15) is 15.2 Å². The molecule has 1 aliphatic carbocycles. The molecule has 0 radical (unpaired) electrons. The number of anilines is 2. The highest BCUT2D eigenvalue weighted by molar-refractivity contribution is 6.23. The van der Waals surface area contributed by atoms with Crippen LogP contribution in [-0.2, 0) is 16.6 Å². The first-order valence-electron chi connectivity index (χ1n) is 14.9. The predicted octanol–water partition coefficient (Wildman–Crippen LogP) is 6.83. The van der Waals surface area contributed by atoms with Crippen LogP contribution in [0.2, 0.25) is 0 Å². The van der Waals surface area contributed by atoms with Crippen LogP contribution in [0.5, 0.6) is 11.5 Å². The number of carbonyl (C=O) groups is 2. The molecule has 8 nitrogen and oxygen atoms in total. The van der Waals surface area contributed by atoms with E-state index < -0.39 is 29.0 Å². The van der Waals surface area contributed by atoms with Crippen molar-refractivity contribution in [3.05, 3.63) is 131 Å². The number of ketones is 1. The number of para-hydroxylation sites is 3. The Balaban J connectivity index is 1.64. The van der Waals surface area contributed by atoms with Crippen LogP contribution in [-0.4, -0.2) is 37.1 Å². The number of nitrogens with one attached hydrogen (secondary N) is 1. The van der Waals surface area contributed by atoms with E-state index in [4.69, 9.17) is 9.47 Å². The van der Waals surface area contributed by atoms with Crippen LogP contribution in [0.4, 0.5) is 15.8 Å². The highest BCUT2D eigenvalue weighted by Gasteiger charge is 2.64. The van der Waals surface area contributed by atoms with Crippen molar-refractivity contribution >= 4 is 23.1 Å². The fourth-order valence-corrected chi connectivity index (χ4v) is 6.54. The average molecular weight is 618 g/mol. The molecule has 232 valence electrons. The lowest BCUT2D eigenvalue weighted by atomic mass is 9.62. The van der Waals surface area contributed by atoms with Gasteiger partial charge in [-0.1, -0.05) is 54.6 Å². The third kappa shape index (κ3) is 5.02. The number of rotatable bonds is 10. The molecular formula is C37H32FN3O5. The number of hydrogen-bond donors (Lipinski definition) is 2. The Morgan fingerprint density at radius 3 is 2.30 bits per heavy atom. The fourth-order valence-electron chi connectivity index (χ4n) is 6.54. The average Bonchev–Trinajstić information content (AvgIpc) is 3.93. The first-order chi connectivity index (χ1) is 22.4. The third-order valence-corrected chi connectivity index (χ3v) is 8.73. The Labute approximate surface area is 266 Å². The Kier molecular flexibility index (Phi) is 8.20. The molecule has 4 aromatic carbocycles. The molecule has 2 aliphatic rings. The van der Waals surface area contributed by atoms with E-state index in [-0.39, 0.29) is 40.5 Å². The van der Waals surface area contributed by atoms with Gasteiger partial charge in [0.2, 0.25) is 0 Å². The van der Waals surface area contributed by atoms with Gasteiger partial charge in [0.1, 0.15) is 17.3 Å². The second-order valence-electron chi connectivity index (χ2n) is 11.3. The normalized spacial score (nSPS) is 19.2. The molecule has 0 saturated heterocycles. The zero-order valence-electron chi connectivity index (χ0n) is 25.4. The molecule has 0 amide bonds. The van der Waals surface area contributed by atoms with Crippen LogP contribution in [0.15, 0.2) is 103 Å². The summed E-state index contributed by atoms with van der Waals surface area (Å²) in [6, 6.07) is 26.5. The van der Waals surface area contributed by atoms with E-state index >= 15 is 9.18 Å². The topological polar surface area (TPSA) is 112 Å². The number of allylic oxidation sites excluding steroid dienone is 1. The van der Waals surface area contributed by atoms with E-state index in [1.165, 1.54) is 26.5 Å². The van der Waals surface area contributed by atoms with Crippen molar-refractivity contribution in [3.8, 4) is 17.6 Å². The molecule has 2 unspecified atom stereocenters. The van der Waals surface area contributed by atoms with Crippen molar-refractivity contribution in [2.75, 3.05) is 24.4 Å². The number of carbonyl (C=O) groups excluding carboxylic acids is 1. The van der Waals surface area contributed by atoms with Crippen LogP contribution >= 0.6 is 0 Å². The summed E-state index contributed by atoms with van der Waals surface area (Å²) >= 11 is 0. The van der Waals surface area contributed by atoms with E-state index in [1.54, 1.807) is 54.6 Å². The summed E-state index contributed by atoms with van der Waals surface area (Å²) < 4.78 is 27.4. The summed E-state index contributed by atoms with van der Waals surface area (Å²) in [5.74, 6) is -2.29. The molecule has 0 bridgehead atoms. The molecule has 2 N–H and O–H groups in total. The minimum absolute atomic E-state index is 0.0465. The van der Waals surface area contributed by atoms with E-state index in [1.807, 2.05) is 35.2 Å². The Hall–Kier alpha value is -5.62. The highest BCUT2D eigenvalue weighted by atomic mass is 19.1. The number of ether oxygens (including phenoxy) is 2. The molecule has 0 spiro atoms. The minimum Gasteiger partial charge on any atom is -0.496 e. The summed E-state index contributed by atoms with van der Waals surface area (Å²) in [5, 5.41) is 24.5. The molecule has 1 heterocycles. The molecule has 1 aliphatic heterocycles. The molecule has 9 heteroatoms. The Bertz CT molecular complexity index is 1880. The number of halogens is 1. The maximum atomic E-state index is 16.0. The van der Waals surface area contributed by atoms with Crippen LogP contribution in [0, 0.1) is 17.1 Å². The number of methoxy groups -OCH3 is 2. The highest BCUT2D eigenvalue weighted by Crippen LogP contribution is 2.58. The molecular weight excluding hydrogens is 585 g/mol. The van der Waals surface area contributed by atoms with E-state index in [0.717, 1.165) is 18.5 Å². The van der Waals surface area contributed by atoms with Crippen molar-refractivity contribution in [3.63, 3.8) is 0 Å². The maximum Gasteiger partial charge on any atom is 0.324 e. The van der Waals surface area contributed by atoms with Gasteiger partial charge < -0.3 is 24.8 Å². The monoisotopic (exact) mass is 617 g/mol. The second-order valence-corrected chi connectivity index (χ2v) is 11.3. The van der Waals surface area contributed by atoms with Crippen molar-refractivity contribution < 1.29 is 28.6 Å². The van der Waals surface area contributed by atoms with Gasteiger partial charge in [0.25, 0.3) is 0 Å². The number of nitrogens with zero attached hydrogens (tertiary/aromatic N) is 2. The standard InChI is InChI=1S/C37H32FN3O5/c1-45-31-14-8-6-12-26(31)34-37(36(43)44,28-13-7-9-15-32(28)46-2)35(42)33-27(29(38)18-19-30(33)41(34)25-16-17-25)20-23(21-39)22-40-24-10-4-3-5-11-24/h3-15,18-19,22,25,34,40H,16-17,20H2,1-2H3,(H,43,44)/b23-22-. The summed E-state index contributed by atoms with van der Waals surface area (Å²) in [6.45, 7) is 0. The summed E-state index contributed by atoms with van der Waals surface area (Å²) in [5.41, 5.74) is -0.451. The van der Waals surface area contributed by atoms with Gasteiger partial charge in [-0.2, -0.15) is 5.26 Å². The van der Waals surface area contributed by atoms with Crippen LogP contribution in [0.3, 0.4) is 0 Å². The molecule has 6 rings (SSSR count). The van der Waals surface area contributed by atoms with Crippen molar-refractivity contribution in [1.82, 2.24) is 0 Å². The Morgan fingerprint density at radius 2 is 1.65 bits per heavy atom. The summed E-state index contributed by atoms with van der Waals surface area (Å²) in [7, 11) is 2.92. The first-order valence-corrected chi connectivity index (χ1v) is 14.9. The lowest BCUT2D eigenvalue weighted by Crippen LogP contribution is -2.59. The lowest BCUT2D eigenvalue weighted by molar-refractivity contribution is -0.143. The summed E-state index contributed by atoms with van der Waals surface area (Å²) in [6.07, 6.45) is 2.73. The number of nitriles is 1. The van der Waals surface area contributed by atoms with Crippen LogP contribution < -0.4 is 19.7 Å². The van der Waals surface area contributed by atoms with Crippen molar-refractivity contribution in [1.29, 1.82) is 5.26 Å². The number of hydrogen-bond acceptors (Lipinski definition) is 7. The van der Waals surface area contributed by atoms with Crippen molar-refractivity contribution in [2.45, 2.75) is 36.8 Å². The molecule has 4 aromatic rings. The zero-order valence-corrected chi connectivity index (χ0v) is 25.4. The number of aliphatic carboxylic acids is 1. The predicted molar refractivity (Wildman–Crippen MR) is 172 cm³/mol. The van der Waals surface area contributed by atoms with Crippen LogP contribution in [0.1, 0.15) is 45.9 Å². The van der Waals surface area contributed by atoms with Gasteiger partial charge in [-0.15, -0.1) is 0 Å². The van der Waals surface area contributed by atoms with Gasteiger partial charge in [-0.05, 0) is 49.2 Å². The number of carboxylic acid groups (broad SMARTS) is 1.